The lowest BCUT2D eigenvalue weighted by Gasteiger charge is -2.34. The average molecular weight is 294 g/mol. The first-order valence-corrected chi connectivity index (χ1v) is 8.60. The highest BCUT2D eigenvalue weighted by atomic mass is 15.6. The van der Waals surface area contributed by atoms with Crippen LogP contribution in [0, 0.1) is 5.92 Å². The van der Waals surface area contributed by atoms with Gasteiger partial charge in [0.1, 0.15) is 26.2 Å². The standard InChI is InChI=1S/C15H28N6/c1-12(2)14(20-10-8-19(3)9-11-20)15-16-17-18-21(15)13-6-4-5-7-13/h12-14H,4-11H2,1-3H3/p+2/t14-/m1/s1. The molecular formula is C15H30N6+2. The molecule has 1 atom stereocenters. The van der Waals surface area contributed by atoms with Gasteiger partial charge < -0.3 is 9.80 Å². The molecule has 0 amide bonds. The second kappa shape index (κ2) is 6.40. The van der Waals surface area contributed by atoms with Crippen molar-refractivity contribution in [1.29, 1.82) is 0 Å². The zero-order valence-electron chi connectivity index (χ0n) is 13.7. The van der Waals surface area contributed by atoms with E-state index in [2.05, 4.69) is 41.1 Å². The topological polar surface area (TPSA) is 52.5 Å². The van der Waals surface area contributed by atoms with Crippen LogP contribution in [-0.4, -0.2) is 53.4 Å². The Labute approximate surface area is 127 Å². The van der Waals surface area contributed by atoms with E-state index in [0.29, 0.717) is 18.0 Å². The molecular weight excluding hydrogens is 264 g/mol. The van der Waals surface area contributed by atoms with Crippen molar-refractivity contribution in [2.45, 2.75) is 51.6 Å². The van der Waals surface area contributed by atoms with E-state index in [1.807, 2.05) is 0 Å². The summed E-state index contributed by atoms with van der Waals surface area (Å²) in [6.45, 7) is 9.60. The second-order valence-corrected chi connectivity index (χ2v) is 7.26. The summed E-state index contributed by atoms with van der Waals surface area (Å²) in [7, 11) is 2.30. The highest BCUT2D eigenvalue weighted by molar-refractivity contribution is 4.93. The maximum Gasteiger partial charge on any atom is 0.209 e. The van der Waals surface area contributed by atoms with Crippen molar-refractivity contribution in [3.05, 3.63) is 5.82 Å². The molecule has 1 aromatic heterocycles. The van der Waals surface area contributed by atoms with Crippen molar-refractivity contribution >= 4 is 0 Å². The first kappa shape index (κ1) is 14.9. The number of hydrogen-bond acceptors (Lipinski definition) is 3. The molecule has 2 aliphatic rings. The fourth-order valence-electron chi connectivity index (χ4n) is 4.08. The maximum atomic E-state index is 4.45. The molecule has 1 aromatic rings. The largest absolute Gasteiger partial charge is 0.328 e. The molecule has 6 nitrogen and oxygen atoms in total. The summed E-state index contributed by atoms with van der Waals surface area (Å²) in [4.78, 5) is 3.32. The normalized spacial score (nSPS) is 29.1. The van der Waals surface area contributed by atoms with Gasteiger partial charge in [0.05, 0.1) is 13.1 Å². The van der Waals surface area contributed by atoms with Gasteiger partial charge in [-0.05, 0) is 23.3 Å². The number of quaternary nitrogens is 2. The lowest BCUT2D eigenvalue weighted by Crippen LogP contribution is -3.27. The van der Waals surface area contributed by atoms with Crippen LogP contribution in [0.1, 0.15) is 57.4 Å². The zero-order chi connectivity index (χ0) is 14.8. The van der Waals surface area contributed by atoms with Gasteiger partial charge in [-0.25, -0.2) is 4.68 Å². The summed E-state index contributed by atoms with van der Waals surface area (Å²) in [5.74, 6) is 1.70. The van der Waals surface area contributed by atoms with E-state index in [0.717, 1.165) is 5.82 Å². The van der Waals surface area contributed by atoms with Crippen molar-refractivity contribution in [2.75, 3.05) is 33.2 Å². The predicted molar refractivity (Wildman–Crippen MR) is 80.2 cm³/mol. The SMILES string of the molecule is CC(C)[C@H](c1nnnn1C1CCCC1)[NH+]1CC[NH+](C)CC1. The number of hydrogen-bond donors (Lipinski definition) is 2. The van der Waals surface area contributed by atoms with Gasteiger partial charge in [0, 0.05) is 5.92 Å². The zero-order valence-corrected chi connectivity index (χ0v) is 13.7. The Morgan fingerprint density at radius 2 is 1.76 bits per heavy atom. The molecule has 2 fully saturated rings. The van der Waals surface area contributed by atoms with E-state index in [1.165, 1.54) is 51.9 Å². The molecule has 3 rings (SSSR count). The van der Waals surface area contributed by atoms with E-state index < -0.39 is 0 Å². The molecule has 0 unspecified atom stereocenters. The fourth-order valence-corrected chi connectivity index (χ4v) is 4.08. The van der Waals surface area contributed by atoms with Crippen LogP contribution >= 0.6 is 0 Å². The van der Waals surface area contributed by atoms with E-state index in [1.54, 1.807) is 9.80 Å². The van der Waals surface area contributed by atoms with E-state index in [-0.39, 0.29) is 0 Å². The lowest BCUT2D eigenvalue weighted by molar-refractivity contribution is -1.02. The van der Waals surface area contributed by atoms with Gasteiger partial charge >= 0.3 is 0 Å². The molecule has 1 saturated heterocycles. The van der Waals surface area contributed by atoms with Crippen LogP contribution in [0.2, 0.25) is 0 Å². The second-order valence-electron chi connectivity index (χ2n) is 7.26. The lowest BCUT2D eigenvalue weighted by atomic mass is 10.00. The monoisotopic (exact) mass is 294 g/mol. The summed E-state index contributed by atoms with van der Waals surface area (Å²) in [5, 5.41) is 12.8. The van der Waals surface area contributed by atoms with Crippen LogP contribution in [0.4, 0.5) is 0 Å². The van der Waals surface area contributed by atoms with Gasteiger partial charge in [-0.2, -0.15) is 0 Å². The third kappa shape index (κ3) is 3.11. The Kier molecular flexibility index (Phi) is 4.54. The highest BCUT2D eigenvalue weighted by Crippen LogP contribution is 2.30. The third-order valence-corrected chi connectivity index (χ3v) is 5.32. The number of tetrazole rings is 1. The van der Waals surface area contributed by atoms with E-state index in [4.69, 9.17) is 0 Å². The third-order valence-electron chi connectivity index (χ3n) is 5.32. The minimum atomic E-state index is 0.439. The molecule has 118 valence electrons. The van der Waals surface area contributed by atoms with E-state index >= 15 is 0 Å². The summed E-state index contributed by atoms with van der Waals surface area (Å²) in [6, 6.07) is 0.974. The van der Waals surface area contributed by atoms with Gasteiger partial charge in [0.2, 0.25) is 5.82 Å². The average Bonchev–Trinajstić information content (AvgIpc) is 3.11. The van der Waals surface area contributed by atoms with Gasteiger partial charge in [0.25, 0.3) is 0 Å². The van der Waals surface area contributed by atoms with Crippen LogP contribution in [-0.2, 0) is 0 Å². The Morgan fingerprint density at radius 1 is 1.10 bits per heavy atom. The quantitative estimate of drug-likeness (QED) is 0.741. The minimum Gasteiger partial charge on any atom is -0.328 e. The summed E-state index contributed by atoms with van der Waals surface area (Å²) < 4.78 is 2.16. The molecule has 0 bridgehead atoms. The van der Waals surface area contributed by atoms with Crippen molar-refractivity contribution in [3.8, 4) is 0 Å². The first-order chi connectivity index (χ1) is 10.2. The maximum absolute atomic E-state index is 4.45. The number of piperazine rings is 1. The highest BCUT2D eigenvalue weighted by Gasteiger charge is 2.37. The van der Waals surface area contributed by atoms with Crippen molar-refractivity contribution < 1.29 is 9.80 Å². The first-order valence-electron chi connectivity index (χ1n) is 8.60. The Hall–Kier alpha value is -1.01. The van der Waals surface area contributed by atoms with Crippen LogP contribution in [0.5, 0.6) is 0 Å². The molecule has 0 radical (unpaired) electrons. The van der Waals surface area contributed by atoms with Gasteiger partial charge in [-0.15, -0.1) is 5.10 Å². The number of aromatic nitrogens is 4. The van der Waals surface area contributed by atoms with Crippen LogP contribution in [0.15, 0.2) is 0 Å². The van der Waals surface area contributed by atoms with Crippen molar-refractivity contribution in [2.24, 2.45) is 5.92 Å². The smallest absolute Gasteiger partial charge is 0.209 e. The van der Waals surface area contributed by atoms with Crippen molar-refractivity contribution in [3.63, 3.8) is 0 Å². The van der Waals surface area contributed by atoms with Crippen LogP contribution in [0.3, 0.4) is 0 Å². The molecule has 2 heterocycles. The molecule has 0 spiro atoms. The summed E-state index contributed by atoms with van der Waals surface area (Å²) in [5.41, 5.74) is 0. The molecule has 2 N–H and O–H groups in total. The fraction of sp³-hybridized carbons (Fsp3) is 0.933. The summed E-state index contributed by atoms with van der Waals surface area (Å²) in [6.07, 6.45) is 5.12. The molecule has 6 heteroatoms. The van der Waals surface area contributed by atoms with Crippen LogP contribution in [0.25, 0.3) is 0 Å². The van der Waals surface area contributed by atoms with Gasteiger partial charge in [-0.3, -0.25) is 0 Å². The van der Waals surface area contributed by atoms with Gasteiger partial charge in [0.15, 0.2) is 6.04 Å². The molecule has 1 aliphatic heterocycles. The number of nitrogens with one attached hydrogen (secondary N) is 2. The van der Waals surface area contributed by atoms with Gasteiger partial charge in [-0.1, -0.05) is 26.7 Å². The molecule has 21 heavy (non-hydrogen) atoms. The van der Waals surface area contributed by atoms with Crippen molar-refractivity contribution in [1.82, 2.24) is 20.2 Å². The molecule has 0 aromatic carbocycles. The Bertz CT molecular complexity index is 443. The number of likely N-dealkylation sites (N-methyl/N-ethyl adjacent to an activating group) is 1. The van der Waals surface area contributed by atoms with E-state index in [9.17, 15) is 0 Å². The minimum absolute atomic E-state index is 0.439. The Balaban J connectivity index is 1.82. The number of nitrogens with zero attached hydrogens (tertiary/aromatic N) is 4. The Morgan fingerprint density at radius 3 is 2.38 bits per heavy atom. The summed E-state index contributed by atoms with van der Waals surface area (Å²) >= 11 is 0. The molecule has 1 saturated carbocycles. The number of rotatable bonds is 4. The molecule has 1 aliphatic carbocycles. The predicted octanol–water partition coefficient (Wildman–Crippen LogP) is -1.10. The van der Waals surface area contributed by atoms with Crippen LogP contribution < -0.4 is 9.80 Å².